The van der Waals surface area contributed by atoms with Crippen LogP contribution < -0.4 is 0 Å². The van der Waals surface area contributed by atoms with Gasteiger partial charge in [-0.1, -0.05) is 12.1 Å². The summed E-state index contributed by atoms with van der Waals surface area (Å²) in [6, 6.07) is 16.1. The number of hydrogen-bond acceptors (Lipinski definition) is 7. The number of hydrogen-bond donors (Lipinski definition) is 1. The van der Waals surface area contributed by atoms with E-state index in [4.69, 9.17) is 4.98 Å². The van der Waals surface area contributed by atoms with Gasteiger partial charge >= 0.3 is 5.97 Å². The van der Waals surface area contributed by atoms with E-state index in [2.05, 4.69) is 18.2 Å². The molecule has 0 radical (unpaired) electrons. The maximum atomic E-state index is 11.7. The van der Waals surface area contributed by atoms with Crippen molar-refractivity contribution in [3.05, 3.63) is 65.0 Å². The van der Waals surface area contributed by atoms with E-state index < -0.39 is 5.97 Å². The summed E-state index contributed by atoms with van der Waals surface area (Å²) in [5.74, 6) is -0.854. The zero-order chi connectivity index (χ0) is 21.5. The third-order valence-corrected chi connectivity index (χ3v) is 9.51. The molecular formula is C23H15NO3S4. The predicted molar refractivity (Wildman–Crippen MR) is 131 cm³/mol. The summed E-state index contributed by atoms with van der Waals surface area (Å²) >= 11 is 6.39. The maximum absolute atomic E-state index is 11.7. The smallest absolute Gasteiger partial charge is 0.307 e. The SMILES string of the molecule is CC(=O)c1csc(-c2sc(-c3ccc(-c4nc5ccccc5s4)s3)cc2CC(=O)O)c1. The van der Waals surface area contributed by atoms with Crippen LogP contribution >= 0.6 is 45.3 Å². The second-order valence-electron chi connectivity index (χ2n) is 6.94. The second-order valence-corrected chi connectivity index (χ2v) is 11.0. The Labute approximate surface area is 194 Å². The molecule has 0 aliphatic carbocycles. The molecule has 1 N–H and O–H groups in total. The lowest BCUT2D eigenvalue weighted by Gasteiger charge is -1.97. The molecule has 4 aromatic heterocycles. The van der Waals surface area contributed by atoms with Crippen LogP contribution in [0, 0.1) is 0 Å². The molecule has 0 aliphatic rings. The highest BCUT2D eigenvalue weighted by Crippen LogP contribution is 2.45. The van der Waals surface area contributed by atoms with Crippen LogP contribution in [0.25, 0.3) is 39.6 Å². The van der Waals surface area contributed by atoms with Crippen LogP contribution in [0.4, 0.5) is 0 Å². The maximum Gasteiger partial charge on any atom is 0.307 e. The number of thiophene rings is 3. The van der Waals surface area contributed by atoms with Gasteiger partial charge in [-0.05, 0) is 48.9 Å². The lowest BCUT2D eigenvalue weighted by molar-refractivity contribution is -0.136. The number of aromatic nitrogens is 1. The van der Waals surface area contributed by atoms with Crippen molar-refractivity contribution >= 4 is 67.3 Å². The summed E-state index contributed by atoms with van der Waals surface area (Å²) in [6.07, 6.45) is -0.0464. The molecule has 0 unspecified atom stereocenters. The highest BCUT2D eigenvalue weighted by Gasteiger charge is 2.19. The van der Waals surface area contributed by atoms with Crippen molar-refractivity contribution in [2.45, 2.75) is 13.3 Å². The number of Topliss-reactive ketones (excluding diaryl/α,β-unsaturated/α-hetero) is 1. The fourth-order valence-electron chi connectivity index (χ4n) is 3.26. The van der Waals surface area contributed by atoms with E-state index in [1.54, 1.807) is 40.9 Å². The summed E-state index contributed by atoms with van der Waals surface area (Å²) < 4.78 is 1.16. The van der Waals surface area contributed by atoms with Gasteiger partial charge in [0, 0.05) is 30.5 Å². The van der Waals surface area contributed by atoms with Gasteiger partial charge < -0.3 is 5.11 Å². The number of thiazole rings is 1. The Balaban J connectivity index is 1.53. The van der Waals surface area contributed by atoms with Gasteiger partial charge in [0.15, 0.2) is 5.78 Å². The molecule has 0 atom stereocenters. The zero-order valence-corrected chi connectivity index (χ0v) is 19.5. The molecule has 5 aromatic rings. The third kappa shape index (κ3) is 3.99. The molecular weight excluding hydrogens is 467 g/mol. The second kappa shape index (κ2) is 8.12. The number of benzene rings is 1. The highest BCUT2D eigenvalue weighted by molar-refractivity contribution is 7.29. The Morgan fingerprint density at radius 3 is 2.48 bits per heavy atom. The topological polar surface area (TPSA) is 67.3 Å². The molecule has 0 saturated heterocycles. The molecule has 31 heavy (non-hydrogen) atoms. The molecule has 8 heteroatoms. The van der Waals surface area contributed by atoms with Crippen LogP contribution in [0.1, 0.15) is 22.8 Å². The Morgan fingerprint density at radius 2 is 1.74 bits per heavy atom. The normalized spacial score (nSPS) is 11.3. The molecule has 0 spiro atoms. The summed E-state index contributed by atoms with van der Waals surface area (Å²) in [4.78, 5) is 32.9. The van der Waals surface area contributed by atoms with Crippen molar-refractivity contribution in [1.82, 2.24) is 4.98 Å². The molecule has 4 nitrogen and oxygen atoms in total. The zero-order valence-electron chi connectivity index (χ0n) is 16.2. The van der Waals surface area contributed by atoms with E-state index >= 15 is 0 Å². The number of ketones is 1. The number of para-hydroxylation sites is 1. The number of carbonyl (C=O) groups excluding carboxylic acids is 1. The number of rotatable bonds is 6. The van der Waals surface area contributed by atoms with Crippen molar-refractivity contribution in [3.8, 4) is 29.4 Å². The first kappa shape index (κ1) is 20.3. The number of carboxylic acids is 1. The summed E-state index contributed by atoms with van der Waals surface area (Å²) in [5, 5.41) is 12.2. The van der Waals surface area contributed by atoms with Gasteiger partial charge in [-0.2, -0.15) is 0 Å². The molecule has 5 rings (SSSR count). The largest absolute Gasteiger partial charge is 0.481 e. The van der Waals surface area contributed by atoms with Gasteiger partial charge in [0.05, 0.1) is 21.5 Å². The van der Waals surface area contributed by atoms with Crippen LogP contribution in [0.5, 0.6) is 0 Å². The summed E-state index contributed by atoms with van der Waals surface area (Å²) in [6.45, 7) is 1.54. The average Bonchev–Trinajstić information content (AvgIpc) is 3.50. The lowest BCUT2D eigenvalue weighted by Crippen LogP contribution is -1.99. The molecule has 0 amide bonds. The molecule has 0 aliphatic heterocycles. The number of carboxylic acid groups (broad SMARTS) is 1. The van der Waals surface area contributed by atoms with Crippen molar-refractivity contribution < 1.29 is 14.7 Å². The van der Waals surface area contributed by atoms with Crippen LogP contribution in [-0.4, -0.2) is 21.8 Å². The van der Waals surface area contributed by atoms with Crippen LogP contribution in [0.15, 0.2) is 53.9 Å². The van der Waals surface area contributed by atoms with E-state index in [0.29, 0.717) is 5.56 Å². The van der Waals surface area contributed by atoms with Gasteiger partial charge in [0.25, 0.3) is 0 Å². The Bertz CT molecular complexity index is 1400. The van der Waals surface area contributed by atoms with E-state index in [-0.39, 0.29) is 12.2 Å². The minimum Gasteiger partial charge on any atom is -0.481 e. The number of nitrogens with zero attached hydrogens (tertiary/aromatic N) is 1. The quantitative estimate of drug-likeness (QED) is 0.258. The molecule has 154 valence electrons. The van der Waals surface area contributed by atoms with Crippen molar-refractivity contribution in [1.29, 1.82) is 0 Å². The summed E-state index contributed by atoms with van der Waals surface area (Å²) in [7, 11) is 0. The van der Waals surface area contributed by atoms with Gasteiger partial charge in [0.2, 0.25) is 0 Å². The Kier molecular flexibility index (Phi) is 5.31. The first-order chi connectivity index (χ1) is 15.0. The molecule has 4 heterocycles. The monoisotopic (exact) mass is 481 g/mol. The number of fused-ring (bicyclic) bond motifs is 1. The van der Waals surface area contributed by atoms with E-state index in [1.165, 1.54) is 11.3 Å². The standard InChI is InChI=1S/C23H15NO3S4/c1-12(25)14-9-20(28-11-14)22-13(10-21(26)27)8-19(30-22)17-6-7-18(29-17)23-24-15-4-2-3-5-16(15)31-23/h2-9,11H,10H2,1H3,(H,26,27). The minimum atomic E-state index is -0.865. The van der Waals surface area contributed by atoms with Crippen molar-refractivity contribution in [2.24, 2.45) is 0 Å². The van der Waals surface area contributed by atoms with E-state index in [9.17, 15) is 14.7 Å². The van der Waals surface area contributed by atoms with Gasteiger partial charge in [-0.25, -0.2) is 4.98 Å². The van der Waals surface area contributed by atoms with Gasteiger partial charge in [0.1, 0.15) is 5.01 Å². The van der Waals surface area contributed by atoms with E-state index in [1.807, 2.05) is 35.7 Å². The third-order valence-electron chi connectivity index (χ3n) is 4.73. The Morgan fingerprint density at radius 1 is 0.935 bits per heavy atom. The fourth-order valence-corrected chi connectivity index (χ4v) is 7.64. The number of aliphatic carboxylic acids is 1. The first-order valence-corrected chi connectivity index (χ1v) is 12.7. The predicted octanol–water partition coefficient (Wildman–Crippen LogP) is 7.31. The summed E-state index contributed by atoms with van der Waals surface area (Å²) in [5.41, 5.74) is 2.43. The lowest BCUT2D eigenvalue weighted by atomic mass is 10.1. The average molecular weight is 482 g/mol. The van der Waals surface area contributed by atoms with Crippen molar-refractivity contribution in [2.75, 3.05) is 0 Å². The van der Waals surface area contributed by atoms with Gasteiger partial charge in [-0.15, -0.1) is 45.3 Å². The molecule has 0 saturated carbocycles. The van der Waals surface area contributed by atoms with E-state index in [0.717, 1.165) is 45.2 Å². The fraction of sp³-hybridized carbons (Fsp3) is 0.0870. The first-order valence-electron chi connectivity index (χ1n) is 9.38. The minimum absolute atomic E-state index is 0.0118. The van der Waals surface area contributed by atoms with Crippen molar-refractivity contribution in [3.63, 3.8) is 0 Å². The molecule has 0 fully saturated rings. The molecule has 1 aromatic carbocycles. The highest BCUT2D eigenvalue weighted by atomic mass is 32.1. The van der Waals surface area contributed by atoms with Gasteiger partial charge in [-0.3, -0.25) is 9.59 Å². The van der Waals surface area contributed by atoms with Crippen LogP contribution in [0.3, 0.4) is 0 Å². The number of carbonyl (C=O) groups is 2. The molecule has 0 bridgehead atoms. The van der Waals surface area contributed by atoms with Crippen LogP contribution in [0.2, 0.25) is 0 Å². The van der Waals surface area contributed by atoms with Crippen LogP contribution in [-0.2, 0) is 11.2 Å². The Hall–Kier alpha value is -2.65.